The normalized spacial score (nSPS) is 12.2. The van der Waals surface area contributed by atoms with Crippen LogP contribution in [-0.2, 0) is 16.7 Å². The SMILES string of the molecule is CCOCCCn1c(=NC(=O)c2ccc(C(C)(C)C)cc2)c(C#N)cc2c(=O)n3ccccc3nc21. The highest BCUT2D eigenvalue weighted by Gasteiger charge is 2.17. The second-order valence-electron chi connectivity index (χ2n) is 9.52. The number of hydrogen-bond acceptors (Lipinski definition) is 5. The number of carbonyl (C=O) groups excluding carboxylic acids is 1. The molecule has 8 heteroatoms. The van der Waals surface area contributed by atoms with Crippen LogP contribution in [0.25, 0.3) is 16.7 Å². The summed E-state index contributed by atoms with van der Waals surface area (Å²) in [5, 5.41) is 10.2. The van der Waals surface area contributed by atoms with Gasteiger partial charge in [0.15, 0.2) is 5.49 Å². The van der Waals surface area contributed by atoms with Crippen LogP contribution in [0.4, 0.5) is 0 Å². The van der Waals surface area contributed by atoms with Crippen molar-refractivity contribution >= 4 is 22.6 Å². The average Bonchev–Trinajstić information content (AvgIpc) is 2.87. The summed E-state index contributed by atoms with van der Waals surface area (Å²) in [7, 11) is 0. The number of hydrogen-bond donors (Lipinski definition) is 0. The predicted molar refractivity (Wildman–Crippen MR) is 138 cm³/mol. The maximum Gasteiger partial charge on any atom is 0.278 e. The van der Waals surface area contributed by atoms with E-state index in [1.165, 1.54) is 10.5 Å². The van der Waals surface area contributed by atoms with Crippen molar-refractivity contribution in [1.82, 2.24) is 14.0 Å². The third-order valence-electron chi connectivity index (χ3n) is 5.99. The third kappa shape index (κ3) is 4.97. The molecule has 0 radical (unpaired) electrons. The molecule has 0 aliphatic rings. The van der Waals surface area contributed by atoms with Gasteiger partial charge in [0.2, 0.25) is 0 Å². The zero-order valence-electron chi connectivity index (χ0n) is 21.0. The first kappa shape index (κ1) is 25.0. The molecule has 0 spiro atoms. The average molecular weight is 484 g/mol. The number of aryl methyl sites for hydroxylation is 1. The number of aromatic nitrogens is 3. The molecule has 3 aromatic heterocycles. The topological polar surface area (TPSA) is 102 Å². The number of benzene rings is 1. The van der Waals surface area contributed by atoms with E-state index < -0.39 is 5.91 Å². The molecular weight excluding hydrogens is 454 g/mol. The number of nitrogens with zero attached hydrogens (tertiary/aromatic N) is 5. The van der Waals surface area contributed by atoms with Gasteiger partial charge in [0.25, 0.3) is 11.5 Å². The summed E-state index contributed by atoms with van der Waals surface area (Å²) in [6.07, 6.45) is 2.23. The van der Waals surface area contributed by atoms with Gasteiger partial charge in [-0.1, -0.05) is 39.0 Å². The van der Waals surface area contributed by atoms with E-state index in [1.807, 2.05) is 19.1 Å². The molecule has 1 amide bonds. The standard InChI is InChI=1S/C28H29N5O3/c1-5-36-16-8-15-33-24(31-26(34)19-10-12-21(13-11-19)28(2,3)4)20(18-29)17-22-25(33)30-23-9-6-7-14-32(23)27(22)35/h6-7,9-14,17H,5,8,15-16H2,1-4H3. The van der Waals surface area contributed by atoms with Crippen LogP contribution in [0.15, 0.2) is 64.5 Å². The maximum absolute atomic E-state index is 13.2. The van der Waals surface area contributed by atoms with Crippen molar-refractivity contribution in [2.45, 2.75) is 46.1 Å². The lowest BCUT2D eigenvalue weighted by Gasteiger charge is -2.18. The molecule has 0 saturated carbocycles. The van der Waals surface area contributed by atoms with E-state index in [1.54, 1.807) is 41.1 Å². The van der Waals surface area contributed by atoms with Gasteiger partial charge < -0.3 is 9.30 Å². The Morgan fingerprint density at radius 3 is 2.58 bits per heavy atom. The first-order valence-electron chi connectivity index (χ1n) is 12.0. The Balaban J connectivity index is 1.94. The molecule has 0 bridgehead atoms. The molecule has 184 valence electrons. The van der Waals surface area contributed by atoms with E-state index >= 15 is 0 Å². The molecule has 0 aliphatic carbocycles. The lowest BCUT2D eigenvalue weighted by atomic mass is 9.87. The monoisotopic (exact) mass is 483 g/mol. The van der Waals surface area contributed by atoms with Gasteiger partial charge in [0, 0.05) is 31.5 Å². The molecule has 0 saturated heterocycles. The Kier molecular flexibility index (Phi) is 7.13. The van der Waals surface area contributed by atoms with Gasteiger partial charge >= 0.3 is 0 Å². The number of rotatable bonds is 6. The molecule has 36 heavy (non-hydrogen) atoms. The first-order valence-corrected chi connectivity index (χ1v) is 12.0. The van der Waals surface area contributed by atoms with Crippen molar-refractivity contribution in [3.05, 3.63) is 87.3 Å². The molecule has 4 aromatic rings. The number of pyridine rings is 2. The lowest BCUT2D eigenvalue weighted by molar-refractivity contribution is 0.0997. The third-order valence-corrected chi connectivity index (χ3v) is 5.99. The summed E-state index contributed by atoms with van der Waals surface area (Å²) in [5.41, 5.74) is 2.33. The summed E-state index contributed by atoms with van der Waals surface area (Å²) >= 11 is 0. The molecule has 8 nitrogen and oxygen atoms in total. The van der Waals surface area contributed by atoms with Crippen LogP contribution in [0.3, 0.4) is 0 Å². The highest BCUT2D eigenvalue weighted by Crippen LogP contribution is 2.22. The molecule has 1 aromatic carbocycles. The summed E-state index contributed by atoms with van der Waals surface area (Å²) in [4.78, 5) is 35.5. The van der Waals surface area contributed by atoms with Gasteiger partial charge in [0.1, 0.15) is 17.4 Å². The maximum atomic E-state index is 13.2. The fourth-order valence-electron chi connectivity index (χ4n) is 4.03. The fourth-order valence-corrected chi connectivity index (χ4v) is 4.03. The highest BCUT2D eigenvalue weighted by atomic mass is 16.5. The van der Waals surface area contributed by atoms with Crippen LogP contribution < -0.4 is 11.0 Å². The van der Waals surface area contributed by atoms with Gasteiger partial charge in [-0.3, -0.25) is 14.0 Å². The van der Waals surface area contributed by atoms with Crippen LogP contribution in [0, 0.1) is 11.3 Å². The van der Waals surface area contributed by atoms with E-state index in [4.69, 9.17) is 9.72 Å². The fraction of sp³-hybridized carbons (Fsp3) is 0.321. The van der Waals surface area contributed by atoms with Crippen molar-refractivity contribution < 1.29 is 9.53 Å². The highest BCUT2D eigenvalue weighted by molar-refractivity contribution is 5.95. The Morgan fingerprint density at radius 1 is 1.17 bits per heavy atom. The number of nitriles is 1. The minimum absolute atomic E-state index is 0.0445. The summed E-state index contributed by atoms with van der Waals surface area (Å²) < 4.78 is 8.61. The minimum Gasteiger partial charge on any atom is -0.382 e. The Morgan fingerprint density at radius 2 is 1.92 bits per heavy atom. The van der Waals surface area contributed by atoms with Gasteiger partial charge in [-0.2, -0.15) is 10.3 Å². The van der Waals surface area contributed by atoms with Gasteiger partial charge in [-0.25, -0.2) is 4.98 Å². The Hall–Kier alpha value is -4.09. The quantitative estimate of drug-likeness (QED) is 0.305. The zero-order valence-corrected chi connectivity index (χ0v) is 21.0. The van der Waals surface area contributed by atoms with Crippen LogP contribution in [0.1, 0.15) is 55.6 Å². The van der Waals surface area contributed by atoms with Crippen molar-refractivity contribution in [2.75, 3.05) is 13.2 Å². The van der Waals surface area contributed by atoms with Crippen LogP contribution >= 0.6 is 0 Å². The summed E-state index contributed by atoms with van der Waals surface area (Å²) in [5.74, 6) is -0.470. The number of fused-ring (bicyclic) bond motifs is 2. The first-order chi connectivity index (χ1) is 17.2. The minimum atomic E-state index is -0.470. The largest absolute Gasteiger partial charge is 0.382 e. The predicted octanol–water partition coefficient (Wildman–Crippen LogP) is 3.99. The Labute approximate surface area is 209 Å². The molecule has 0 atom stereocenters. The summed E-state index contributed by atoms with van der Waals surface area (Å²) in [6.45, 7) is 9.66. The van der Waals surface area contributed by atoms with Crippen molar-refractivity contribution in [1.29, 1.82) is 5.26 Å². The van der Waals surface area contributed by atoms with E-state index in [9.17, 15) is 14.9 Å². The molecule has 3 heterocycles. The van der Waals surface area contributed by atoms with Gasteiger partial charge in [0.05, 0.1) is 10.9 Å². The summed E-state index contributed by atoms with van der Waals surface area (Å²) in [6, 6.07) is 16.2. The molecular formula is C28H29N5O3. The van der Waals surface area contributed by atoms with E-state index in [0.29, 0.717) is 43.0 Å². The second-order valence-corrected chi connectivity index (χ2v) is 9.52. The number of amides is 1. The van der Waals surface area contributed by atoms with E-state index in [-0.39, 0.29) is 27.4 Å². The molecule has 0 aliphatic heterocycles. The van der Waals surface area contributed by atoms with E-state index in [2.05, 4.69) is 31.8 Å². The zero-order chi connectivity index (χ0) is 25.9. The Bertz CT molecular complexity index is 1600. The molecule has 0 unspecified atom stereocenters. The van der Waals surface area contributed by atoms with Crippen LogP contribution in [-0.4, -0.2) is 33.1 Å². The van der Waals surface area contributed by atoms with E-state index in [0.717, 1.165) is 5.56 Å². The van der Waals surface area contributed by atoms with Gasteiger partial charge in [-0.05, 0) is 54.7 Å². The number of ether oxygens (including phenoxy) is 1. The number of carbonyl (C=O) groups is 1. The molecule has 4 rings (SSSR count). The lowest BCUT2D eigenvalue weighted by Crippen LogP contribution is -2.30. The van der Waals surface area contributed by atoms with Crippen molar-refractivity contribution in [3.8, 4) is 6.07 Å². The van der Waals surface area contributed by atoms with Crippen LogP contribution in [0.2, 0.25) is 0 Å². The van der Waals surface area contributed by atoms with Crippen molar-refractivity contribution in [2.24, 2.45) is 4.99 Å². The van der Waals surface area contributed by atoms with Crippen molar-refractivity contribution in [3.63, 3.8) is 0 Å². The second kappa shape index (κ2) is 10.3. The molecule has 0 N–H and O–H groups in total. The molecule has 0 fully saturated rings. The van der Waals surface area contributed by atoms with Gasteiger partial charge in [-0.15, -0.1) is 0 Å². The van der Waals surface area contributed by atoms with Crippen LogP contribution in [0.5, 0.6) is 0 Å². The smallest absolute Gasteiger partial charge is 0.278 e.